The first-order valence-electron chi connectivity index (χ1n) is 10.8. The van der Waals surface area contributed by atoms with Crippen molar-refractivity contribution in [1.29, 1.82) is 0 Å². The predicted molar refractivity (Wildman–Crippen MR) is 116 cm³/mol. The third-order valence-corrected chi connectivity index (χ3v) is 5.70. The molecule has 2 bridgehead atoms. The molecule has 0 unspecified atom stereocenters. The summed E-state index contributed by atoms with van der Waals surface area (Å²) in [4.78, 5) is 55.9. The van der Waals surface area contributed by atoms with Gasteiger partial charge in [0.05, 0.1) is 17.4 Å². The van der Waals surface area contributed by atoms with Crippen LogP contribution in [-0.4, -0.2) is 99.7 Å². The van der Waals surface area contributed by atoms with Gasteiger partial charge in [0.25, 0.3) is 0 Å². The summed E-state index contributed by atoms with van der Waals surface area (Å²) in [5, 5.41) is 18.7. The normalized spacial score (nSPS) is 18.7. The maximum Gasteiger partial charge on any atom is 0.320 e. The number of hydrogen-bond donors (Lipinski definition) is 2. The van der Waals surface area contributed by atoms with Gasteiger partial charge in [0.1, 0.15) is 18.6 Å². The van der Waals surface area contributed by atoms with Gasteiger partial charge in [0.15, 0.2) is 0 Å². The Hall–Kier alpha value is -2.69. The maximum absolute atomic E-state index is 11.9. The second-order valence-electron chi connectivity index (χ2n) is 8.10. The summed E-state index contributed by atoms with van der Waals surface area (Å²) in [6, 6.07) is 4.21. The molecule has 0 spiro atoms. The molecule has 2 N–H and O–H groups in total. The summed E-state index contributed by atoms with van der Waals surface area (Å²) in [6.07, 6.45) is 2.25. The maximum atomic E-state index is 11.9. The van der Waals surface area contributed by atoms with E-state index in [2.05, 4.69) is 9.88 Å². The highest BCUT2D eigenvalue weighted by atomic mass is 16.4. The third-order valence-electron chi connectivity index (χ3n) is 5.70. The first kappa shape index (κ1) is 25.6. The number of carbonyl (C=O) groups is 4. The van der Waals surface area contributed by atoms with Crippen LogP contribution in [0, 0.1) is 0 Å². The van der Waals surface area contributed by atoms with E-state index in [9.17, 15) is 24.3 Å². The first-order chi connectivity index (χ1) is 15.3. The van der Waals surface area contributed by atoms with Gasteiger partial charge in [-0.2, -0.15) is 0 Å². The molecule has 32 heavy (non-hydrogen) atoms. The second kappa shape index (κ2) is 13.0. The molecule has 0 saturated heterocycles. The van der Waals surface area contributed by atoms with Crippen molar-refractivity contribution in [3.8, 4) is 0 Å². The molecule has 10 nitrogen and oxygen atoms in total. The minimum Gasteiger partial charge on any atom is -0.481 e. The molecule has 0 aromatic carbocycles. The third kappa shape index (κ3) is 8.10. The predicted octanol–water partition coefficient (Wildman–Crippen LogP) is 0.496. The molecule has 1 aliphatic rings. The molecular weight excluding hydrogens is 416 g/mol. The standard InChI is InChI=1S/C22H32N4O6/c1-24-9-11-25(19(16-28)6-3-13-27)14-17-4-2-5-18(23-17)15-26(12-10-24)20(22(31)32)7-8-21(29)30/h2,4-5,13,16,19-20H,3,6-12,14-15H2,1H3,(H,29,30)(H,31,32)/t19-,20-/m0/s1. The molecule has 176 valence electrons. The molecule has 2 atom stereocenters. The van der Waals surface area contributed by atoms with Crippen molar-refractivity contribution in [3.63, 3.8) is 0 Å². The van der Waals surface area contributed by atoms with E-state index >= 15 is 0 Å². The zero-order valence-corrected chi connectivity index (χ0v) is 18.4. The zero-order valence-electron chi connectivity index (χ0n) is 18.4. The summed E-state index contributed by atoms with van der Waals surface area (Å²) in [6.45, 7) is 2.95. The highest BCUT2D eigenvalue weighted by molar-refractivity contribution is 5.75. The SMILES string of the molecule is CN1CCN([C@H](C=O)CCC=O)Cc2cccc(n2)CN([C@@H](CCC(=O)O)C(=O)O)CC1. The van der Waals surface area contributed by atoms with E-state index in [-0.39, 0.29) is 25.4 Å². The van der Waals surface area contributed by atoms with Crippen LogP contribution in [0.5, 0.6) is 0 Å². The fourth-order valence-corrected chi connectivity index (χ4v) is 3.84. The lowest BCUT2D eigenvalue weighted by Crippen LogP contribution is -2.46. The van der Waals surface area contributed by atoms with Gasteiger partial charge in [-0.05, 0) is 32.0 Å². The van der Waals surface area contributed by atoms with Crippen LogP contribution in [0.1, 0.15) is 37.1 Å². The number of likely N-dealkylation sites (N-methyl/N-ethyl adjacent to an activating group) is 1. The van der Waals surface area contributed by atoms with Crippen molar-refractivity contribution in [2.45, 2.75) is 50.9 Å². The highest BCUT2D eigenvalue weighted by Crippen LogP contribution is 2.16. The number of hydrogen-bond acceptors (Lipinski definition) is 8. The molecule has 10 heteroatoms. The fraction of sp³-hybridized carbons (Fsp3) is 0.591. The van der Waals surface area contributed by atoms with Crippen LogP contribution in [0.2, 0.25) is 0 Å². The Morgan fingerprint density at radius 2 is 1.66 bits per heavy atom. The van der Waals surface area contributed by atoms with Crippen molar-refractivity contribution >= 4 is 24.5 Å². The van der Waals surface area contributed by atoms with Crippen LogP contribution in [-0.2, 0) is 32.3 Å². The number of rotatable bonds is 10. The minimum atomic E-state index is -1.05. The Balaban J connectivity index is 2.29. The van der Waals surface area contributed by atoms with Crippen molar-refractivity contribution in [3.05, 3.63) is 29.6 Å². The Bertz CT molecular complexity index is 789. The summed E-state index contributed by atoms with van der Waals surface area (Å²) < 4.78 is 0. The fourth-order valence-electron chi connectivity index (χ4n) is 3.84. The number of carboxylic acids is 2. The quantitative estimate of drug-likeness (QED) is 0.488. The molecule has 0 saturated carbocycles. The molecular formula is C22H32N4O6. The van der Waals surface area contributed by atoms with E-state index in [1.54, 1.807) is 4.90 Å². The number of carbonyl (C=O) groups excluding carboxylic acids is 2. The van der Waals surface area contributed by atoms with Crippen LogP contribution < -0.4 is 0 Å². The molecule has 2 rings (SSSR count). The Morgan fingerprint density at radius 1 is 1.03 bits per heavy atom. The number of carboxylic acid groups (broad SMARTS) is 2. The average molecular weight is 449 g/mol. The first-order valence-corrected chi connectivity index (χ1v) is 10.8. The van der Waals surface area contributed by atoms with E-state index < -0.39 is 18.0 Å². The van der Waals surface area contributed by atoms with Crippen LogP contribution in [0.4, 0.5) is 0 Å². The molecule has 2 heterocycles. The Kier molecular flexibility index (Phi) is 10.4. The van der Waals surface area contributed by atoms with Crippen LogP contribution >= 0.6 is 0 Å². The topological polar surface area (TPSA) is 131 Å². The highest BCUT2D eigenvalue weighted by Gasteiger charge is 2.28. The van der Waals surface area contributed by atoms with E-state index in [1.165, 1.54) is 0 Å². The number of fused-ring (bicyclic) bond motifs is 2. The Morgan fingerprint density at radius 3 is 2.22 bits per heavy atom. The van der Waals surface area contributed by atoms with E-state index in [0.717, 1.165) is 18.3 Å². The second-order valence-corrected chi connectivity index (χ2v) is 8.10. The molecule has 1 aromatic heterocycles. The number of aliphatic carboxylic acids is 2. The molecule has 0 radical (unpaired) electrons. The summed E-state index contributed by atoms with van der Waals surface area (Å²) in [5.41, 5.74) is 1.43. The largest absolute Gasteiger partial charge is 0.481 e. The monoisotopic (exact) mass is 448 g/mol. The lowest BCUT2D eigenvalue weighted by molar-refractivity contribution is -0.145. The van der Waals surface area contributed by atoms with Crippen molar-refractivity contribution in [2.75, 3.05) is 33.2 Å². The number of nitrogens with zero attached hydrogens (tertiary/aromatic N) is 4. The Labute approximate surface area is 187 Å². The smallest absolute Gasteiger partial charge is 0.320 e. The van der Waals surface area contributed by atoms with Gasteiger partial charge in [-0.3, -0.25) is 24.4 Å². The van der Waals surface area contributed by atoms with Gasteiger partial charge in [-0.25, -0.2) is 0 Å². The lowest BCUT2D eigenvalue weighted by Gasteiger charge is -2.33. The van der Waals surface area contributed by atoms with Gasteiger partial charge in [-0.1, -0.05) is 6.07 Å². The van der Waals surface area contributed by atoms with Gasteiger partial charge >= 0.3 is 11.9 Å². The molecule has 1 aromatic rings. The van der Waals surface area contributed by atoms with Crippen LogP contribution in [0.25, 0.3) is 0 Å². The molecule has 0 fully saturated rings. The van der Waals surface area contributed by atoms with Crippen molar-refractivity contribution in [1.82, 2.24) is 19.7 Å². The summed E-state index contributed by atoms with van der Waals surface area (Å²) >= 11 is 0. The molecule has 1 aliphatic heterocycles. The van der Waals surface area contributed by atoms with E-state index in [1.807, 2.05) is 30.1 Å². The summed E-state index contributed by atoms with van der Waals surface area (Å²) in [7, 11) is 1.92. The summed E-state index contributed by atoms with van der Waals surface area (Å²) in [5.74, 6) is -2.07. The van der Waals surface area contributed by atoms with Crippen LogP contribution in [0.15, 0.2) is 18.2 Å². The molecule has 0 aliphatic carbocycles. The number of aromatic nitrogens is 1. The van der Waals surface area contributed by atoms with E-state index in [0.29, 0.717) is 51.3 Å². The van der Waals surface area contributed by atoms with Gasteiger partial charge in [0, 0.05) is 52.1 Å². The lowest BCUT2D eigenvalue weighted by atomic mass is 10.1. The minimum absolute atomic E-state index is 0.0135. The van der Waals surface area contributed by atoms with Crippen molar-refractivity contribution in [2.24, 2.45) is 0 Å². The van der Waals surface area contributed by atoms with E-state index in [4.69, 9.17) is 5.11 Å². The number of pyridine rings is 1. The number of aldehydes is 2. The molecule has 0 amide bonds. The van der Waals surface area contributed by atoms with Gasteiger partial charge in [0.2, 0.25) is 0 Å². The van der Waals surface area contributed by atoms with Gasteiger partial charge in [-0.15, -0.1) is 0 Å². The van der Waals surface area contributed by atoms with Crippen molar-refractivity contribution < 1.29 is 29.4 Å². The van der Waals surface area contributed by atoms with Crippen LogP contribution in [0.3, 0.4) is 0 Å². The average Bonchev–Trinajstić information content (AvgIpc) is 2.75. The van der Waals surface area contributed by atoms with Gasteiger partial charge < -0.3 is 24.7 Å². The zero-order chi connectivity index (χ0) is 23.5.